The van der Waals surface area contributed by atoms with Crippen molar-refractivity contribution in [3.05, 3.63) is 34.9 Å². The summed E-state index contributed by atoms with van der Waals surface area (Å²) in [6.45, 7) is 2.26. The summed E-state index contributed by atoms with van der Waals surface area (Å²) in [5.41, 5.74) is 2.62. The van der Waals surface area contributed by atoms with Crippen molar-refractivity contribution in [2.24, 2.45) is 0 Å². The summed E-state index contributed by atoms with van der Waals surface area (Å²) in [6, 6.07) is 6.52. The molecule has 0 amide bonds. The molecule has 0 atom stereocenters. The van der Waals surface area contributed by atoms with Crippen molar-refractivity contribution in [2.75, 3.05) is 0 Å². The lowest BCUT2D eigenvalue weighted by atomic mass is 10.1. The second-order valence-electron chi connectivity index (χ2n) is 4.59. The Hall–Kier alpha value is -1.15. The summed E-state index contributed by atoms with van der Waals surface area (Å²) in [5.74, 6) is 0. The maximum atomic E-state index is 3.35. The van der Waals surface area contributed by atoms with Crippen LogP contribution in [0, 0.1) is 0 Å². The Labute approximate surface area is 106 Å². The molecule has 2 aromatic rings. The van der Waals surface area contributed by atoms with Gasteiger partial charge in [-0.1, -0.05) is 37.6 Å². The fourth-order valence-electron chi connectivity index (χ4n) is 2.39. The van der Waals surface area contributed by atoms with Gasteiger partial charge in [0.05, 0.1) is 0 Å². The average molecular weight is 243 g/mol. The van der Waals surface area contributed by atoms with Crippen LogP contribution >= 0.6 is 11.8 Å². The van der Waals surface area contributed by atoms with Gasteiger partial charge in [-0.3, -0.25) is 0 Å². The van der Waals surface area contributed by atoms with E-state index >= 15 is 0 Å². The first kappa shape index (κ1) is 11.0. The number of rotatable bonds is 4. The van der Waals surface area contributed by atoms with Gasteiger partial charge in [0.2, 0.25) is 0 Å². The molecule has 1 aliphatic rings. The number of aromatic nitrogens is 1. The van der Waals surface area contributed by atoms with Crippen molar-refractivity contribution in [1.29, 1.82) is 0 Å². The second-order valence-corrected chi connectivity index (χ2v) is 5.76. The van der Waals surface area contributed by atoms with Crippen LogP contribution in [0.3, 0.4) is 0 Å². The molecule has 3 rings (SSSR count). The highest BCUT2D eigenvalue weighted by molar-refractivity contribution is 8.03. The quantitative estimate of drug-likeness (QED) is 0.730. The summed E-state index contributed by atoms with van der Waals surface area (Å²) < 4.78 is 0. The summed E-state index contributed by atoms with van der Waals surface area (Å²) in [6.07, 6.45) is 9.65. The molecule has 0 aliphatic carbocycles. The first-order valence-corrected chi connectivity index (χ1v) is 7.18. The van der Waals surface area contributed by atoms with Gasteiger partial charge in [0.25, 0.3) is 0 Å². The van der Waals surface area contributed by atoms with Crippen molar-refractivity contribution in [1.82, 2.24) is 4.98 Å². The van der Waals surface area contributed by atoms with E-state index in [4.69, 9.17) is 0 Å². The van der Waals surface area contributed by atoms with Gasteiger partial charge >= 0.3 is 0 Å². The fourth-order valence-corrected chi connectivity index (χ4v) is 3.58. The van der Waals surface area contributed by atoms with Crippen molar-refractivity contribution in [2.45, 2.75) is 37.5 Å². The third kappa shape index (κ3) is 2.02. The molecule has 1 aromatic carbocycles. The Morgan fingerprint density at radius 1 is 1.24 bits per heavy atom. The summed E-state index contributed by atoms with van der Waals surface area (Å²) in [7, 11) is 0. The van der Waals surface area contributed by atoms with Gasteiger partial charge in [0.1, 0.15) is 0 Å². The molecule has 0 spiro atoms. The Bertz CT molecular complexity index is 565. The number of H-pyrrole nitrogens is 1. The molecule has 0 unspecified atom stereocenters. The predicted octanol–water partition coefficient (Wildman–Crippen LogP) is 5.19. The lowest BCUT2D eigenvalue weighted by molar-refractivity contribution is 0.726. The molecule has 1 aliphatic heterocycles. The molecule has 0 fully saturated rings. The van der Waals surface area contributed by atoms with Crippen LogP contribution in [0.25, 0.3) is 17.0 Å². The first-order valence-electron chi connectivity index (χ1n) is 6.37. The molecule has 0 saturated heterocycles. The topological polar surface area (TPSA) is 15.8 Å². The number of allylic oxidation sites excluding steroid dienone is 1. The van der Waals surface area contributed by atoms with Crippen molar-refractivity contribution in [3.63, 3.8) is 0 Å². The fraction of sp³-hybridized carbons (Fsp3) is 0.333. The highest BCUT2D eigenvalue weighted by atomic mass is 32.2. The number of thioether (sulfide) groups is 1. The maximum Gasteiger partial charge on any atom is 0.0471 e. The minimum absolute atomic E-state index is 1.22. The van der Waals surface area contributed by atoms with Gasteiger partial charge < -0.3 is 4.98 Å². The normalized spacial score (nSPS) is 14.1. The zero-order chi connectivity index (χ0) is 11.7. The Balaban J connectivity index is 1.90. The standard InChI is InChI=1S/C15H17NS/c1-2-3-4-6-12-9-11-10-16-13-7-5-8-14(17-12)15(11)13/h5,7-10,16H,2-4,6H2,1H3. The summed E-state index contributed by atoms with van der Waals surface area (Å²) in [5, 5.41) is 1.40. The molecule has 88 valence electrons. The van der Waals surface area contributed by atoms with Gasteiger partial charge in [-0.15, -0.1) is 0 Å². The van der Waals surface area contributed by atoms with Gasteiger partial charge in [-0.05, 0) is 36.0 Å². The Kier molecular flexibility index (Phi) is 2.98. The van der Waals surface area contributed by atoms with Gasteiger partial charge in [0, 0.05) is 27.6 Å². The molecule has 1 N–H and O–H groups in total. The van der Waals surface area contributed by atoms with E-state index in [9.17, 15) is 0 Å². The second kappa shape index (κ2) is 4.61. The van der Waals surface area contributed by atoms with E-state index in [1.54, 1.807) is 0 Å². The van der Waals surface area contributed by atoms with Crippen LogP contribution in [0.2, 0.25) is 0 Å². The molecule has 1 nitrogen and oxygen atoms in total. The van der Waals surface area contributed by atoms with Crippen LogP contribution in [0.5, 0.6) is 0 Å². The van der Waals surface area contributed by atoms with Crippen LogP contribution in [-0.4, -0.2) is 4.98 Å². The van der Waals surface area contributed by atoms with Crippen molar-refractivity contribution in [3.8, 4) is 0 Å². The number of nitrogens with one attached hydrogen (secondary N) is 1. The number of unbranched alkanes of at least 4 members (excludes halogenated alkanes) is 2. The lowest BCUT2D eigenvalue weighted by Crippen LogP contribution is -1.87. The lowest BCUT2D eigenvalue weighted by Gasteiger charge is -2.13. The molecule has 2 heteroatoms. The van der Waals surface area contributed by atoms with Crippen LogP contribution in [0.15, 0.2) is 34.2 Å². The molecule has 2 heterocycles. The van der Waals surface area contributed by atoms with Gasteiger partial charge in [0.15, 0.2) is 0 Å². The molecule has 17 heavy (non-hydrogen) atoms. The van der Waals surface area contributed by atoms with E-state index in [1.807, 2.05) is 11.8 Å². The van der Waals surface area contributed by atoms with Crippen LogP contribution in [0.4, 0.5) is 0 Å². The monoisotopic (exact) mass is 243 g/mol. The first-order chi connectivity index (χ1) is 8.38. The smallest absolute Gasteiger partial charge is 0.0471 e. The molecule has 0 bridgehead atoms. The van der Waals surface area contributed by atoms with E-state index in [2.05, 4.69) is 42.4 Å². The third-order valence-electron chi connectivity index (χ3n) is 3.28. The summed E-state index contributed by atoms with van der Waals surface area (Å²) in [4.78, 5) is 6.27. The highest BCUT2D eigenvalue weighted by Gasteiger charge is 2.14. The Morgan fingerprint density at radius 2 is 2.18 bits per heavy atom. The van der Waals surface area contributed by atoms with E-state index in [-0.39, 0.29) is 0 Å². The van der Waals surface area contributed by atoms with E-state index in [1.165, 1.54) is 52.0 Å². The average Bonchev–Trinajstić information content (AvgIpc) is 2.75. The zero-order valence-corrected chi connectivity index (χ0v) is 10.9. The summed E-state index contributed by atoms with van der Waals surface area (Å²) >= 11 is 1.95. The molecule has 0 radical (unpaired) electrons. The van der Waals surface area contributed by atoms with Crippen molar-refractivity contribution >= 4 is 28.7 Å². The minimum atomic E-state index is 1.22. The zero-order valence-electron chi connectivity index (χ0n) is 10.1. The number of hydrogen-bond acceptors (Lipinski definition) is 1. The van der Waals surface area contributed by atoms with Crippen LogP contribution in [0.1, 0.15) is 38.2 Å². The minimum Gasteiger partial charge on any atom is -0.361 e. The maximum absolute atomic E-state index is 3.35. The third-order valence-corrected chi connectivity index (χ3v) is 4.43. The largest absolute Gasteiger partial charge is 0.361 e. The Morgan fingerprint density at radius 3 is 3.06 bits per heavy atom. The van der Waals surface area contributed by atoms with Gasteiger partial charge in [-0.25, -0.2) is 0 Å². The van der Waals surface area contributed by atoms with Crippen LogP contribution in [-0.2, 0) is 0 Å². The molecule has 0 saturated carbocycles. The number of aromatic amines is 1. The number of hydrogen-bond donors (Lipinski definition) is 1. The highest BCUT2D eigenvalue weighted by Crippen LogP contribution is 2.42. The molecular weight excluding hydrogens is 226 g/mol. The van der Waals surface area contributed by atoms with E-state index < -0.39 is 0 Å². The van der Waals surface area contributed by atoms with Gasteiger partial charge in [-0.2, -0.15) is 0 Å². The SMILES string of the molecule is CCCCCC1=Cc2c[nH]c3cccc(c23)S1. The molecular formula is C15H17NS. The van der Waals surface area contributed by atoms with E-state index in [0.717, 1.165) is 0 Å². The predicted molar refractivity (Wildman–Crippen MR) is 76.3 cm³/mol. The van der Waals surface area contributed by atoms with E-state index in [0.29, 0.717) is 0 Å². The van der Waals surface area contributed by atoms with Crippen molar-refractivity contribution < 1.29 is 0 Å². The number of benzene rings is 1. The molecule has 1 aromatic heterocycles. The van der Waals surface area contributed by atoms with Crippen LogP contribution < -0.4 is 0 Å².